The Morgan fingerprint density at radius 1 is 0.884 bits per heavy atom. The molecule has 2 amide bonds. The van der Waals surface area contributed by atoms with Crippen molar-refractivity contribution in [3.63, 3.8) is 0 Å². The van der Waals surface area contributed by atoms with Gasteiger partial charge >= 0.3 is 0 Å². The number of hydrogen-bond acceptors (Lipinski definition) is 6. The van der Waals surface area contributed by atoms with Gasteiger partial charge in [-0.1, -0.05) is 50.2 Å². The maximum Gasteiger partial charge on any atom is 0.264 e. The van der Waals surface area contributed by atoms with E-state index in [0.29, 0.717) is 30.8 Å². The first-order valence-electron chi connectivity index (χ1n) is 14.5. The van der Waals surface area contributed by atoms with Crippen LogP contribution in [0.3, 0.4) is 0 Å². The molecule has 1 unspecified atom stereocenters. The Hall–Kier alpha value is -4.05. The van der Waals surface area contributed by atoms with Crippen LogP contribution in [0.25, 0.3) is 0 Å². The number of hydrogen-bond donors (Lipinski definition) is 1. The van der Waals surface area contributed by atoms with Gasteiger partial charge in [0.1, 0.15) is 12.6 Å². The van der Waals surface area contributed by atoms with Crippen LogP contribution in [0.5, 0.6) is 11.5 Å². The second kappa shape index (κ2) is 15.4. The highest BCUT2D eigenvalue weighted by Gasteiger charge is 2.34. The Balaban J connectivity index is 2.08. The smallest absolute Gasteiger partial charge is 0.264 e. The molecule has 0 saturated carbocycles. The predicted octanol–water partition coefficient (Wildman–Crippen LogP) is 4.89. The molecule has 3 aromatic rings. The van der Waals surface area contributed by atoms with Crippen LogP contribution in [0, 0.1) is 13.8 Å². The second-order valence-electron chi connectivity index (χ2n) is 10.4. The van der Waals surface area contributed by atoms with Crippen molar-refractivity contribution >= 4 is 27.5 Å². The molecule has 0 spiro atoms. The van der Waals surface area contributed by atoms with Gasteiger partial charge in [-0.15, -0.1) is 0 Å². The van der Waals surface area contributed by atoms with E-state index in [2.05, 4.69) is 5.32 Å². The number of aryl methyl sites for hydroxylation is 2. The molecule has 0 aromatic heterocycles. The molecule has 3 rings (SSSR count). The average Bonchev–Trinajstić information content (AvgIpc) is 2.99. The topological polar surface area (TPSA) is 105 Å². The summed E-state index contributed by atoms with van der Waals surface area (Å²) in [5.41, 5.74) is 3.06. The van der Waals surface area contributed by atoms with Crippen molar-refractivity contribution in [3.8, 4) is 11.5 Å². The van der Waals surface area contributed by atoms with Gasteiger partial charge in [0.05, 0.1) is 24.8 Å². The molecule has 0 heterocycles. The first-order chi connectivity index (χ1) is 20.5. The second-order valence-corrected chi connectivity index (χ2v) is 12.3. The predicted molar refractivity (Wildman–Crippen MR) is 169 cm³/mol. The number of nitrogens with one attached hydrogen (secondary N) is 1. The molecular formula is C33H43N3O6S. The number of benzene rings is 3. The van der Waals surface area contributed by atoms with Gasteiger partial charge in [-0.3, -0.25) is 13.9 Å². The molecule has 9 nitrogen and oxygen atoms in total. The van der Waals surface area contributed by atoms with E-state index in [1.807, 2.05) is 64.1 Å². The third kappa shape index (κ3) is 8.50. The number of nitrogens with zero attached hydrogens (tertiary/aromatic N) is 2. The lowest BCUT2D eigenvalue weighted by Crippen LogP contribution is -2.53. The number of amides is 2. The van der Waals surface area contributed by atoms with Crippen LogP contribution in [0.1, 0.15) is 43.4 Å². The number of carbonyl (C=O) groups is 2. The lowest BCUT2D eigenvalue weighted by atomic mass is 10.1. The maximum atomic E-state index is 14.3. The van der Waals surface area contributed by atoms with E-state index in [1.54, 1.807) is 12.1 Å². The first-order valence-corrected chi connectivity index (χ1v) is 15.9. The summed E-state index contributed by atoms with van der Waals surface area (Å²) in [6.07, 6.45) is 1.64. The summed E-state index contributed by atoms with van der Waals surface area (Å²) >= 11 is 0. The van der Waals surface area contributed by atoms with E-state index < -0.39 is 28.5 Å². The van der Waals surface area contributed by atoms with E-state index >= 15 is 0 Å². The Labute approximate surface area is 255 Å². The molecule has 0 aliphatic rings. The number of sulfonamides is 1. The van der Waals surface area contributed by atoms with Crippen LogP contribution >= 0.6 is 0 Å². The van der Waals surface area contributed by atoms with Crippen LogP contribution in [0.4, 0.5) is 5.69 Å². The lowest BCUT2D eigenvalue weighted by molar-refractivity contribution is -0.139. The standard InChI is InChI=1S/C33H43N3O6S/c1-7-17-34-33(38)29(8-2)35(18-16-26-12-10-9-11-13-26)32(37)23-36(27-20-24(3)19-25(4)21-27)43(39,40)28-14-15-30(41-5)31(22-28)42-6/h9-15,19-22,29H,7-8,16-18,23H2,1-6H3,(H,34,38). The fourth-order valence-corrected chi connectivity index (χ4v) is 6.40. The molecule has 0 saturated heterocycles. The van der Waals surface area contributed by atoms with Gasteiger partial charge in [-0.25, -0.2) is 8.42 Å². The minimum Gasteiger partial charge on any atom is -0.493 e. The van der Waals surface area contributed by atoms with Crippen LogP contribution < -0.4 is 19.1 Å². The van der Waals surface area contributed by atoms with Crippen molar-refractivity contribution in [1.82, 2.24) is 10.2 Å². The summed E-state index contributed by atoms with van der Waals surface area (Å²) in [4.78, 5) is 28.9. The zero-order valence-electron chi connectivity index (χ0n) is 25.9. The van der Waals surface area contributed by atoms with Gasteiger partial charge < -0.3 is 19.7 Å². The zero-order valence-corrected chi connectivity index (χ0v) is 26.7. The van der Waals surface area contributed by atoms with Crippen molar-refractivity contribution in [1.29, 1.82) is 0 Å². The van der Waals surface area contributed by atoms with Crippen LogP contribution in [0.2, 0.25) is 0 Å². The molecule has 0 aliphatic carbocycles. The molecule has 1 N–H and O–H groups in total. The molecule has 0 bridgehead atoms. The van der Waals surface area contributed by atoms with Crippen molar-refractivity contribution in [2.24, 2.45) is 0 Å². The molecule has 232 valence electrons. The fourth-order valence-electron chi connectivity index (χ4n) is 4.99. The molecular weight excluding hydrogens is 566 g/mol. The fraction of sp³-hybridized carbons (Fsp3) is 0.394. The summed E-state index contributed by atoms with van der Waals surface area (Å²) in [5.74, 6) is -0.103. The summed E-state index contributed by atoms with van der Waals surface area (Å²) in [6.45, 7) is 7.79. The molecule has 43 heavy (non-hydrogen) atoms. The van der Waals surface area contributed by atoms with Crippen LogP contribution in [-0.2, 0) is 26.0 Å². The molecule has 0 fully saturated rings. The van der Waals surface area contributed by atoms with E-state index in [4.69, 9.17) is 9.47 Å². The Bertz CT molecular complexity index is 1470. The molecule has 0 aliphatic heterocycles. The van der Waals surface area contributed by atoms with Gasteiger partial charge in [0, 0.05) is 19.2 Å². The van der Waals surface area contributed by atoms with Crippen molar-refractivity contribution < 1.29 is 27.5 Å². The Morgan fingerprint density at radius 3 is 2.12 bits per heavy atom. The number of ether oxygens (including phenoxy) is 2. The van der Waals surface area contributed by atoms with Crippen molar-refractivity contribution in [2.45, 2.75) is 57.9 Å². The average molecular weight is 610 g/mol. The van der Waals surface area contributed by atoms with Crippen LogP contribution in [0.15, 0.2) is 71.6 Å². The largest absolute Gasteiger partial charge is 0.493 e. The third-order valence-electron chi connectivity index (χ3n) is 7.14. The number of anilines is 1. The first kappa shape index (κ1) is 33.5. The summed E-state index contributed by atoms with van der Waals surface area (Å²) < 4.78 is 40.3. The maximum absolute atomic E-state index is 14.3. The van der Waals surface area contributed by atoms with Crippen LogP contribution in [-0.4, -0.2) is 65.0 Å². The summed E-state index contributed by atoms with van der Waals surface area (Å²) in [6, 6.07) is 18.7. The molecule has 1 atom stereocenters. The minimum atomic E-state index is -4.26. The summed E-state index contributed by atoms with van der Waals surface area (Å²) in [7, 11) is -1.36. The SMILES string of the molecule is CCCNC(=O)C(CC)N(CCc1ccccc1)C(=O)CN(c1cc(C)cc(C)c1)S(=O)(=O)c1ccc(OC)c(OC)c1. The highest BCUT2D eigenvalue weighted by atomic mass is 32.2. The highest BCUT2D eigenvalue weighted by Crippen LogP contribution is 2.33. The summed E-state index contributed by atoms with van der Waals surface area (Å²) in [5, 5.41) is 2.91. The van der Waals surface area contributed by atoms with E-state index in [-0.39, 0.29) is 23.1 Å². The lowest BCUT2D eigenvalue weighted by Gasteiger charge is -2.33. The van der Waals surface area contributed by atoms with Gasteiger partial charge in [0.25, 0.3) is 10.0 Å². The monoisotopic (exact) mass is 609 g/mol. The van der Waals surface area contributed by atoms with E-state index in [1.165, 1.54) is 37.3 Å². The number of carbonyl (C=O) groups excluding carboxylic acids is 2. The van der Waals surface area contributed by atoms with Gasteiger partial charge in [0.15, 0.2) is 11.5 Å². The normalized spacial score (nSPS) is 11.9. The Morgan fingerprint density at radius 2 is 1.53 bits per heavy atom. The highest BCUT2D eigenvalue weighted by molar-refractivity contribution is 7.92. The number of methoxy groups -OCH3 is 2. The van der Waals surface area contributed by atoms with Gasteiger partial charge in [0.2, 0.25) is 11.8 Å². The third-order valence-corrected chi connectivity index (χ3v) is 8.91. The Kier molecular flexibility index (Phi) is 12.0. The van der Waals surface area contributed by atoms with Gasteiger partial charge in [-0.05, 0) is 74.1 Å². The molecule has 0 radical (unpaired) electrons. The zero-order chi connectivity index (χ0) is 31.6. The minimum absolute atomic E-state index is 0.0549. The molecule has 3 aromatic carbocycles. The van der Waals surface area contributed by atoms with Crippen molar-refractivity contribution in [3.05, 3.63) is 83.4 Å². The van der Waals surface area contributed by atoms with Gasteiger partial charge in [-0.2, -0.15) is 0 Å². The molecule has 10 heteroatoms. The van der Waals surface area contributed by atoms with E-state index in [0.717, 1.165) is 27.4 Å². The van der Waals surface area contributed by atoms with E-state index in [9.17, 15) is 18.0 Å². The van der Waals surface area contributed by atoms with Crippen molar-refractivity contribution in [2.75, 3.05) is 38.2 Å². The quantitative estimate of drug-likeness (QED) is 0.263. The number of rotatable bonds is 15.